The molecule has 1 aliphatic rings. The van der Waals surface area contributed by atoms with Crippen molar-refractivity contribution in [3.05, 3.63) is 94.8 Å². The Morgan fingerprint density at radius 1 is 1.06 bits per heavy atom. The number of rotatable bonds is 5. The Morgan fingerprint density at radius 2 is 1.84 bits per heavy atom. The molecule has 0 radical (unpaired) electrons. The first kappa shape index (κ1) is 21.5. The van der Waals surface area contributed by atoms with Crippen LogP contribution in [0.4, 0.5) is 13.2 Å². The average molecular weight is 440 g/mol. The van der Waals surface area contributed by atoms with Gasteiger partial charge >= 0.3 is 6.18 Å². The van der Waals surface area contributed by atoms with Crippen molar-refractivity contribution < 1.29 is 27.5 Å². The molecule has 5 nitrogen and oxygen atoms in total. The van der Waals surface area contributed by atoms with E-state index in [2.05, 4.69) is 4.98 Å². The predicted octanol–water partition coefficient (Wildman–Crippen LogP) is 4.56. The Kier molecular flexibility index (Phi) is 5.94. The third-order valence-corrected chi connectivity index (χ3v) is 5.16. The second kappa shape index (κ2) is 8.82. The molecule has 0 N–H and O–H groups in total. The first-order valence-electron chi connectivity index (χ1n) is 9.96. The van der Waals surface area contributed by atoms with Gasteiger partial charge in [-0.05, 0) is 42.0 Å². The quantitative estimate of drug-likeness (QED) is 0.546. The van der Waals surface area contributed by atoms with E-state index in [1.807, 2.05) is 12.1 Å². The molecule has 0 atom stereocenters. The molecule has 1 amide bonds. The molecule has 4 rings (SSSR count). The molecule has 164 valence electrons. The molecule has 0 fully saturated rings. The predicted molar refractivity (Wildman–Crippen MR) is 110 cm³/mol. The monoisotopic (exact) mass is 440 g/mol. The fourth-order valence-electron chi connectivity index (χ4n) is 3.49. The van der Waals surface area contributed by atoms with E-state index >= 15 is 0 Å². The van der Waals surface area contributed by atoms with Crippen molar-refractivity contribution >= 4 is 11.7 Å². The van der Waals surface area contributed by atoms with Gasteiger partial charge < -0.3 is 9.64 Å². The summed E-state index contributed by atoms with van der Waals surface area (Å²) in [6.45, 7) is 1.05. The Morgan fingerprint density at radius 3 is 2.53 bits per heavy atom. The van der Waals surface area contributed by atoms with Crippen LogP contribution in [0.15, 0.2) is 66.9 Å². The van der Waals surface area contributed by atoms with Crippen LogP contribution in [0.1, 0.15) is 37.5 Å². The van der Waals surface area contributed by atoms with Crippen LogP contribution < -0.4 is 4.74 Å². The van der Waals surface area contributed by atoms with Crippen molar-refractivity contribution in [2.45, 2.75) is 19.1 Å². The second-order valence-electron chi connectivity index (χ2n) is 7.40. The number of pyridine rings is 1. The van der Waals surface area contributed by atoms with Crippen molar-refractivity contribution in [1.29, 1.82) is 0 Å². The van der Waals surface area contributed by atoms with Gasteiger partial charge in [-0.25, -0.2) is 0 Å². The number of ketones is 1. The molecule has 0 aliphatic carbocycles. The zero-order chi connectivity index (χ0) is 22.7. The third-order valence-electron chi connectivity index (χ3n) is 5.16. The molecule has 1 aliphatic heterocycles. The van der Waals surface area contributed by atoms with E-state index in [9.17, 15) is 22.8 Å². The standard InChI is InChI=1S/C24H19F3N2O3/c25-24(26,27)18-7-5-17(6-8-18)21(30)14-16-4-9-22-20(13-16)23(31)29(11-12-32-22)15-19-3-1-2-10-28-19/h1-10,13H,11-12,14-15H2. The summed E-state index contributed by atoms with van der Waals surface area (Å²) in [4.78, 5) is 31.6. The second-order valence-corrected chi connectivity index (χ2v) is 7.40. The van der Waals surface area contributed by atoms with Crippen LogP contribution >= 0.6 is 0 Å². The Labute approximate surface area is 182 Å². The summed E-state index contributed by atoms with van der Waals surface area (Å²) in [7, 11) is 0. The highest BCUT2D eigenvalue weighted by Gasteiger charge is 2.30. The number of benzene rings is 2. The number of alkyl halides is 3. The van der Waals surface area contributed by atoms with Gasteiger partial charge in [0.05, 0.1) is 29.9 Å². The number of carbonyl (C=O) groups excluding carboxylic acids is 2. The van der Waals surface area contributed by atoms with Gasteiger partial charge in [-0.3, -0.25) is 14.6 Å². The Hall–Kier alpha value is -3.68. The van der Waals surface area contributed by atoms with E-state index in [4.69, 9.17) is 4.74 Å². The number of nitrogens with zero attached hydrogens (tertiary/aromatic N) is 2. The van der Waals surface area contributed by atoms with Gasteiger partial charge in [-0.2, -0.15) is 13.2 Å². The van der Waals surface area contributed by atoms with Crippen LogP contribution in [-0.2, 0) is 19.1 Å². The molecule has 0 saturated carbocycles. The van der Waals surface area contributed by atoms with E-state index in [-0.39, 0.29) is 23.7 Å². The summed E-state index contributed by atoms with van der Waals surface area (Å²) in [5.74, 6) is -0.137. The average Bonchev–Trinajstić information content (AvgIpc) is 2.93. The summed E-state index contributed by atoms with van der Waals surface area (Å²) in [6, 6.07) is 14.5. The number of halogens is 3. The van der Waals surface area contributed by atoms with Crippen LogP contribution in [0.3, 0.4) is 0 Å². The summed E-state index contributed by atoms with van der Waals surface area (Å²) in [5, 5.41) is 0. The maximum absolute atomic E-state index is 13.1. The van der Waals surface area contributed by atoms with Gasteiger partial charge in [0.15, 0.2) is 5.78 Å². The zero-order valence-corrected chi connectivity index (χ0v) is 16.9. The number of carbonyl (C=O) groups is 2. The van der Waals surface area contributed by atoms with Gasteiger partial charge in [0, 0.05) is 18.2 Å². The van der Waals surface area contributed by atoms with Crippen molar-refractivity contribution in [2.75, 3.05) is 13.2 Å². The zero-order valence-electron chi connectivity index (χ0n) is 16.9. The van der Waals surface area contributed by atoms with Gasteiger partial charge in [0.2, 0.25) is 0 Å². The van der Waals surface area contributed by atoms with E-state index in [0.29, 0.717) is 36.6 Å². The maximum Gasteiger partial charge on any atom is 0.416 e. The number of amides is 1. The molecule has 3 aromatic rings. The van der Waals surface area contributed by atoms with E-state index in [0.717, 1.165) is 30.0 Å². The van der Waals surface area contributed by atoms with Crippen LogP contribution in [0, 0.1) is 0 Å². The molecule has 32 heavy (non-hydrogen) atoms. The molecule has 8 heteroatoms. The Balaban J connectivity index is 1.52. The number of hydrogen-bond acceptors (Lipinski definition) is 4. The summed E-state index contributed by atoms with van der Waals surface area (Å²) in [6.07, 6.45) is -2.85. The van der Waals surface area contributed by atoms with Crippen molar-refractivity contribution in [1.82, 2.24) is 9.88 Å². The minimum atomic E-state index is -4.46. The number of hydrogen-bond donors (Lipinski definition) is 0. The molecule has 2 heterocycles. The van der Waals surface area contributed by atoms with Gasteiger partial charge in [-0.1, -0.05) is 24.3 Å². The largest absolute Gasteiger partial charge is 0.491 e. The summed E-state index contributed by atoms with van der Waals surface area (Å²) >= 11 is 0. The molecule has 0 bridgehead atoms. The first-order valence-corrected chi connectivity index (χ1v) is 9.96. The molecular weight excluding hydrogens is 421 g/mol. The van der Waals surface area contributed by atoms with Crippen LogP contribution in [-0.4, -0.2) is 34.7 Å². The molecule has 1 aromatic heterocycles. The topological polar surface area (TPSA) is 59.5 Å². The fraction of sp³-hybridized carbons (Fsp3) is 0.208. The number of ether oxygens (including phenoxy) is 1. The normalized spacial score (nSPS) is 13.8. The van der Waals surface area contributed by atoms with E-state index in [1.165, 1.54) is 0 Å². The van der Waals surface area contributed by atoms with E-state index in [1.54, 1.807) is 35.4 Å². The van der Waals surface area contributed by atoms with Crippen LogP contribution in [0.2, 0.25) is 0 Å². The SMILES string of the molecule is O=C(Cc1ccc2c(c1)C(=O)N(Cc1ccccn1)CCO2)c1ccc(C(F)(F)F)cc1. The summed E-state index contributed by atoms with van der Waals surface area (Å²) in [5.41, 5.74) is 1.03. The highest BCUT2D eigenvalue weighted by Crippen LogP contribution is 2.30. The van der Waals surface area contributed by atoms with Gasteiger partial charge in [0.25, 0.3) is 5.91 Å². The van der Waals surface area contributed by atoms with Crippen molar-refractivity contribution in [3.63, 3.8) is 0 Å². The number of aromatic nitrogens is 1. The van der Waals surface area contributed by atoms with Crippen molar-refractivity contribution in [3.8, 4) is 5.75 Å². The minimum absolute atomic E-state index is 0.0494. The molecule has 0 spiro atoms. The van der Waals surface area contributed by atoms with Crippen LogP contribution in [0.5, 0.6) is 5.75 Å². The number of Topliss-reactive ketones (excluding diaryl/α,β-unsaturated/α-hetero) is 1. The molecular formula is C24H19F3N2O3. The maximum atomic E-state index is 13.1. The summed E-state index contributed by atoms with van der Waals surface area (Å²) < 4.78 is 43.9. The highest BCUT2D eigenvalue weighted by atomic mass is 19.4. The Bertz CT molecular complexity index is 1130. The smallest absolute Gasteiger partial charge is 0.416 e. The van der Waals surface area contributed by atoms with Crippen molar-refractivity contribution in [2.24, 2.45) is 0 Å². The lowest BCUT2D eigenvalue weighted by molar-refractivity contribution is -0.137. The minimum Gasteiger partial charge on any atom is -0.491 e. The van der Waals surface area contributed by atoms with E-state index < -0.39 is 11.7 Å². The van der Waals surface area contributed by atoms with Gasteiger partial charge in [-0.15, -0.1) is 0 Å². The first-order chi connectivity index (χ1) is 15.3. The molecule has 0 saturated heterocycles. The van der Waals surface area contributed by atoms with Gasteiger partial charge in [0.1, 0.15) is 12.4 Å². The highest BCUT2D eigenvalue weighted by molar-refractivity contribution is 5.99. The lowest BCUT2D eigenvalue weighted by Crippen LogP contribution is -2.32. The third kappa shape index (κ3) is 4.80. The fourth-order valence-corrected chi connectivity index (χ4v) is 3.49. The lowest BCUT2D eigenvalue weighted by Gasteiger charge is -2.19. The van der Waals surface area contributed by atoms with Crippen LogP contribution in [0.25, 0.3) is 0 Å². The number of fused-ring (bicyclic) bond motifs is 1. The lowest BCUT2D eigenvalue weighted by atomic mass is 9.99. The molecule has 2 aromatic carbocycles. The molecule has 0 unspecified atom stereocenters.